The molecule has 0 fully saturated rings. The number of rotatable bonds is 6. The molecule has 0 unspecified atom stereocenters. The van der Waals surface area contributed by atoms with Gasteiger partial charge < -0.3 is 4.74 Å². The highest BCUT2D eigenvalue weighted by Gasteiger charge is 2.14. The fraction of sp³-hybridized carbons (Fsp3) is 0. The van der Waals surface area contributed by atoms with Crippen LogP contribution in [0, 0.1) is 0 Å². The van der Waals surface area contributed by atoms with E-state index < -0.39 is 10.0 Å². The van der Waals surface area contributed by atoms with E-state index in [0.29, 0.717) is 11.4 Å². The molecule has 4 nitrogen and oxygen atoms in total. The fourth-order valence-corrected chi connectivity index (χ4v) is 3.95. The molecule has 0 aliphatic carbocycles. The van der Waals surface area contributed by atoms with Crippen LogP contribution >= 0.6 is 0 Å². The number of benzene rings is 4. The Labute approximate surface area is 170 Å². The van der Waals surface area contributed by atoms with Crippen molar-refractivity contribution in [2.24, 2.45) is 0 Å². The Morgan fingerprint density at radius 3 is 1.69 bits per heavy atom. The van der Waals surface area contributed by atoms with Crippen LogP contribution in [0.3, 0.4) is 0 Å². The summed E-state index contributed by atoms with van der Waals surface area (Å²) in [5, 5.41) is 0. The van der Waals surface area contributed by atoms with Crippen LogP contribution < -0.4 is 9.46 Å². The summed E-state index contributed by atoms with van der Waals surface area (Å²) in [5.41, 5.74) is 2.47. The van der Waals surface area contributed by atoms with Crippen molar-refractivity contribution in [1.29, 1.82) is 0 Å². The quantitative estimate of drug-likeness (QED) is 0.434. The first-order valence-electron chi connectivity index (χ1n) is 9.11. The number of nitrogens with one attached hydrogen (secondary N) is 1. The van der Waals surface area contributed by atoms with Gasteiger partial charge in [0.1, 0.15) is 11.5 Å². The second-order valence-electron chi connectivity index (χ2n) is 6.44. The molecule has 4 aromatic rings. The van der Waals surface area contributed by atoms with Crippen LogP contribution in [0.4, 0.5) is 5.69 Å². The summed E-state index contributed by atoms with van der Waals surface area (Å²) in [4.78, 5) is 0.210. The number of ether oxygens (including phenoxy) is 1. The molecule has 4 aromatic carbocycles. The van der Waals surface area contributed by atoms with Crippen LogP contribution in [-0.4, -0.2) is 8.42 Å². The van der Waals surface area contributed by atoms with Gasteiger partial charge in [-0.2, -0.15) is 0 Å². The molecule has 5 heteroatoms. The van der Waals surface area contributed by atoms with Gasteiger partial charge in [-0.1, -0.05) is 60.7 Å². The summed E-state index contributed by atoms with van der Waals surface area (Å²) in [6.45, 7) is 0. The molecular formula is C24H19NO3S. The van der Waals surface area contributed by atoms with E-state index in [1.165, 1.54) is 0 Å². The van der Waals surface area contributed by atoms with Gasteiger partial charge in [-0.25, -0.2) is 8.42 Å². The third-order valence-corrected chi connectivity index (χ3v) is 5.75. The van der Waals surface area contributed by atoms with Crippen LogP contribution in [0.25, 0.3) is 11.1 Å². The normalized spacial score (nSPS) is 11.0. The van der Waals surface area contributed by atoms with Gasteiger partial charge in [-0.15, -0.1) is 0 Å². The van der Waals surface area contributed by atoms with Crippen LogP contribution in [-0.2, 0) is 10.0 Å². The van der Waals surface area contributed by atoms with Crippen molar-refractivity contribution in [2.75, 3.05) is 4.72 Å². The Morgan fingerprint density at radius 1 is 0.552 bits per heavy atom. The molecule has 0 aromatic heterocycles. The summed E-state index contributed by atoms with van der Waals surface area (Å²) in [6.07, 6.45) is 0. The Bertz CT molecular complexity index is 1170. The minimum absolute atomic E-state index is 0.210. The third kappa shape index (κ3) is 4.65. The first-order chi connectivity index (χ1) is 14.1. The van der Waals surface area contributed by atoms with E-state index in [1.807, 2.05) is 60.7 Å². The van der Waals surface area contributed by atoms with Crippen molar-refractivity contribution in [3.05, 3.63) is 109 Å². The van der Waals surface area contributed by atoms with Crippen molar-refractivity contribution in [3.63, 3.8) is 0 Å². The van der Waals surface area contributed by atoms with E-state index in [2.05, 4.69) is 4.72 Å². The molecule has 0 spiro atoms. The SMILES string of the molecule is O=S(=O)(Nc1ccc(Oc2ccccc2)cc1)c1ccc(-c2ccccc2)cc1. The Hall–Kier alpha value is -3.57. The van der Waals surface area contributed by atoms with Crippen molar-refractivity contribution < 1.29 is 13.2 Å². The molecule has 0 bridgehead atoms. The maximum atomic E-state index is 12.7. The standard InChI is InChI=1S/C24H19NO3S/c26-29(27,24-17-11-20(12-18-24)19-7-3-1-4-8-19)25-21-13-15-23(16-14-21)28-22-9-5-2-6-10-22/h1-18,25H. The van der Waals surface area contributed by atoms with Gasteiger partial charge in [-0.05, 0) is 59.7 Å². The molecular weight excluding hydrogens is 382 g/mol. The van der Waals surface area contributed by atoms with Gasteiger partial charge in [0.25, 0.3) is 10.0 Å². The molecule has 0 amide bonds. The second-order valence-corrected chi connectivity index (χ2v) is 8.12. The van der Waals surface area contributed by atoms with Gasteiger partial charge in [-0.3, -0.25) is 4.72 Å². The average Bonchev–Trinajstić information content (AvgIpc) is 2.76. The topological polar surface area (TPSA) is 55.4 Å². The first-order valence-corrected chi connectivity index (χ1v) is 10.6. The van der Waals surface area contributed by atoms with Crippen molar-refractivity contribution in [1.82, 2.24) is 0 Å². The molecule has 0 heterocycles. The van der Waals surface area contributed by atoms with Crippen LogP contribution in [0.15, 0.2) is 114 Å². The van der Waals surface area contributed by atoms with E-state index in [4.69, 9.17) is 4.74 Å². The molecule has 0 saturated carbocycles. The van der Waals surface area contributed by atoms with Crippen molar-refractivity contribution in [3.8, 4) is 22.6 Å². The fourth-order valence-electron chi connectivity index (χ4n) is 2.89. The summed E-state index contributed by atoms with van der Waals surface area (Å²) in [6, 6.07) is 32.9. The highest BCUT2D eigenvalue weighted by molar-refractivity contribution is 7.92. The molecule has 4 rings (SSSR count). The zero-order chi connectivity index (χ0) is 20.1. The van der Waals surface area contributed by atoms with Crippen LogP contribution in [0.5, 0.6) is 11.5 Å². The van der Waals surface area contributed by atoms with Gasteiger partial charge >= 0.3 is 0 Å². The minimum atomic E-state index is -3.67. The summed E-state index contributed by atoms with van der Waals surface area (Å²) in [5.74, 6) is 1.35. The monoisotopic (exact) mass is 401 g/mol. The zero-order valence-electron chi connectivity index (χ0n) is 15.5. The molecule has 0 saturated heterocycles. The predicted molar refractivity (Wildman–Crippen MR) is 116 cm³/mol. The Morgan fingerprint density at radius 2 is 1.07 bits per heavy atom. The van der Waals surface area contributed by atoms with E-state index in [-0.39, 0.29) is 4.90 Å². The van der Waals surface area contributed by atoms with E-state index >= 15 is 0 Å². The van der Waals surface area contributed by atoms with Gasteiger partial charge in [0.05, 0.1) is 4.90 Å². The minimum Gasteiger partial charge on any atom is -0.457 e. The maximum Gasteiger partial charge on any atom is 0.261 e. The van der Waals surface area contributed by atoms with Gasteiger partial charge in [0.15, 0.2) is 0 Å². The summed E-state index contributed by atoms with van der Waals surface area (Å²) in [7, 11) is -3.67. The highest BCUT2D eigenvalue weighted by atomic mass is 32.2. The maximum absolute atomic E-state index is 12.7. The predicted octanol–water partition coefficient (Wildman–Crippen LogP) is 5.95. The summed E-state index contributed by atoms with van der Waals surface area (Å²) >= 11 is 0. The highest BCUT2D eigenvalue weighted by Crippen LogP contribution is 2.25. The van der Waals surface area contributed by atoms with Crippen molar-refractivity contribution in [2.45, 2.75) is 4.90 Å². The smallest absolute Gasteiger partial charge is 0.261 e. The van der Waals surface area contributed by atoms with Gasteiger partial charge in [0, 0.05) is 5.69 Å². The number of sulfonamides is 1. The van der Waals surface area contributed by atoms with E-state index in [1.54, 1.807) is 48.5 Å². The number of anilines is 1. The number of hydrogen-bond acceptors (Lipinski definition) is 3. The average molecular weight is 401 g/mol. The summed E-state index contributed by atoms with van der Waals surface area (Å²) < 4.78 is 33.7. The first kappa shape index (κ1) is 18.8. The zero-order valence-corrected chi connectivity index (χ0v) is 16.3. The Kier molecular flexibility index (Phi) is 5.31. The molecule has 29 heavy (non-hydrogen) atoms. The van der Waals surface area contributed by atoms with Crippen LogP contribution in [0.1, 0.15) is 0 Å². The lowest BCUT2D eigenvalue weighted by Gasteiger charge is -2.10. The Balaban J connectivity index is 1.47. The lowest BCUT2D eigenvalue weighted by molar-refractivity contribution is 0.483. The van der Waals surface area contributed by atoms with E-state index in [0.717, 1.165) is 16.9 Å². The largest absolute Gasteiger partial charge is 0.457 e. The molecule has 0 atom stereocenters. The second kappa shape index (κ2) is 8.20. The van der Waals surface area contributed by atoms with Crippen molar-refractivity contribution >= 4 is 15.7 Å². The lowest BCUT2D eigenvalue weighted by Crippen LogP contribution is -2.12. The molecule has 0 radical (unpaired) electrons. The van der Waals surface area contributed by atoms with E-state index in [9.17, 15) is 8.42 Å². The van der Waals surface area contributed by atoms with Crippen LogP contribution in [0.2, 0.25) is 0 Å². The lowest BCUT2D eigenvalue weighted by atomic mass is 10.1. The number of para-hydroxylation sites is 1. The van der Waals surface area contributed by atoms with Gasteiger partial charge in [0.2, 0.25) is 0 Å². The molecule has 0 aliphatic rings. The number of hydrogen-bond donors (Lipinski definition) is 1. The molecule has 0 aliphatic heterocycles. The molecule has 144 valence electrons. The molecule has 1 N–H and O–H groups in total. The third-order valence-electron chi connectivity index (χ3n) is 4.36.